The third-order valence-electron chi connectivity index (χ3n) is 4.44. The van der Waals surface area contributed by atoms with E-state index in [0.29, 0.717) is 28.9 Å². The molecule has 10 nitrogen and oxygen atoms in total. The summed E-state index contributed by atoms with van der Waals surface area (Å²) in [6.45, 7) is 3.52. The largest absolute Gasteiger partial charge is 0.497 e. The number of methoxy groups -OCH3 is 1. The van der Waals surface area contributed by atoms with Crippen LogP contribution in [0.5, 0.6) is 11.5 Å². The number of aryl methyl sites for hydroxylation is 1. The number of nitrogens with zero attached hydrogens (tertiary/aromatic N) is 4. The van der Waals surface area contributed by atoms with Crippen molar-refractivity contribution in [1.29, 1.82) is 0 Å². The summed E-state index contributed by atoms with van der Waals surface area (Å²) in [5.74, 6) is 2.17. The Labute approximate surface area is 183 Å². The van der Waals surface area contributed by atoms with Gasteiger partial charge < -0.3 is 23.2 Å². The van der Waals surface area contributed by atoms with Crippen molar-refractivity contribution in [2.45, 2.75) is 26.6 Å². The molecule has 0 fully saturated rings. The van der Waals surface area contributed by atoms with Crippen LogP contribution in [0.3, 0.4) is 0 Å². The SMILES string of the molecule is COc1ccc(-c2nnc(C(C)OC(=O)c3ccc(OCc4noc(C)n4)cc3)o2)cc1. The molecular formula is C22H20N4O6. The van der Waals surface area contributed by atoms with Gasteiger partial charge in [0.05, 0.1) is 12.7 Å². The van der Waals surface area contributed by atoms with Gasteiger partial charge >= 0.3 is 5.97 Å². The topological polar surface area (TPSA) is 123 Å². The minimum atomic E-state index is -0.723. The highest BCUT2D eigenvalue weighted by molar-refractivity contribution is 5.89. The molecule has 0 aliphatic rings. The van der Waals surface area contributed by atoms with Gasteiger partial charge in [0.1, 0.15) is 11.5 Å². The van der Waals surface area contributed by atoms with Crippen molar-refractivity contribution in [3.8, 4) is 23.0 Å². The smallest absolute Gasteiger partial charge is 0.338 e. The Hall–Kier alpha value is -4.21. The number of carbonyl (C=O) groups is 1. The van der Waals surface area contributed by atoms with E-state index in [1.165, 1.54) is 0 Å². The summed E-state index contributed by atoms with van der Waals surface area (Å²) >= 11 is 0. The average molecular weight is 436 g/mol. The molecule has 0 saturated heterocycles. The molecule has 4 aromatic rings. The van der Waals surface area contributed by atoms with Gasteiger partial charge in [0.25, 0.3) is 5.89 Å². The van der Waals surface area contributed by atoms with Crippen molar-refractivity contribution < 1.29 is 27.9 Å². The molecule has 0 aliphatic carbocycles. The summed E-state index contributed by atoms with van der Waals surface area (Å²) in [5.41, 5.74) is 1.09. The molecule has 2 heterocycles. The van der Waals surface area contributed by atoms with Crippen LogP contribution in [0.4, 0.5) is 0 Å². The Balaban J connectivity index is 1.34. The first-order valence-corrected chi connectivity index (χ1v) is 9.72. The molecule has 0 spiro atoms. The van der Waals surface area contributed by atoms with Crippen LogP contribution >= 0.6 is 0 Å². The summed E-state index contributed by atoms with van der Waals surface area (Å²) < 4.78 is 26.7. The molecule has 2 aromatic carbocycles. The first kappa shape index (κ1) is 21.0. The minimum absolute atomic E-state index is 0.159. The number of hydrogen-bond donors (Lipinski definition) is 0. The minimum Gasteiger partial charge on any atom is -0.497 e. The van der Waals surface area contributed by atoms with Gasteiger partial charge in [0.2, 0.25) is 17.6 Å². The highest BCUT2D eigenvalue weighted by atomic mass is 16.6. The van der Waals surface area contributed by atoms with Gasteiger partial charge in [0, 0.05) is 12.5 Å². The lowest BCUT2D eigenvalue weighted by Crippen LogP contribution is -2.09. The number of benzene rings is 2. The average Bonchev–Trinajstić information content (AvgIpc) is 3.47. The molecule has 32 heavy (non-hydrogen) atoms. The maximum atomic E-state index is 12.5. The van der Waals surface area contributed by atoms with Crippen molar-refractivity contribution in [1.82, 2.24) is 20.3 Å². The zero-order valence-electron chi connectivity index (χ0n) is 17.6. The third-order valence-corrected chi connectivity index (χ3v) is 4.44. The van der Waals surface area contributed by atoms with Crippen LogP contribution in [0.25, 0.3) is 11.5 Å². The number of aromatic nitrogens is 4. The number of hydrogen-bond acceptors (Lipinski definition) is 10. The van der Waals surface area contributed by atoms with E-state index in [1.54, 1.807) is 69.5 Å². The standard InChI is InChI=1S/C22H20N4O6/c1-13(20-24-25-21(31-20)15-4-8-17(28-3)9-5-15)30-22(27)16-6-10-18(11-7-16)29-12-19-23-14(2)32-26-19/h4-11,13H,12H2,1-3H3. The Kier molecular flexibility index (Phi) is 6.11. The van der Waals surface area contributed by atoms with Crippen molar-refractivity contribution in [3.05, 3.63) is 71.7 Å². The van der Waals surface area contributed by atoms with Crippen molar-refractivity contribution >= 4 is 5.97 Å². The quantitative estimate of drug-likeness (QED) is 0.375. The fraction of sp³-hybridized carbons (Fsp3) is 0.227. The van der Waals surface area contributed by atoms with Crippen LogP contribution < -0.4 is 9.47 Å². The monoisotopic (exact) mass is 436 g/mol. The zero-order valence-corrected chi connectivity index (χ0v) is 17.6. The van der Waals surface area contributed by atoms with E-state index in [9.17, 15) is 4.79 Å². The molecular weight excluding hydrogens is 416 g/mol. The second kappa shape index (κ2) is 9.29. The summed E-state index contributed by atoms with van der Waals surface area (Å²) in [5, 5.41) is 11.8. The van der Waals surface area contributed by atoms with Crippen LogP contribution in [0.1, 0.15) is 41.0 Å². The molecule has 1 unspecified atom stereocenters. The second-order valence-corrected chi connectivity index (χ2v) is 6.76. The lowest BCUT2D eigenvalue weighted by atomic mass is 10.2. The predicted molar refractivity (Wildman–Crippen MR) is 110 cm³/mol. The van der Waals surface area contributed by atoms with E-state index in [0.717, 1.165) is 11.3 Å². The van der Waals surface area contributed by atoms with Crippen LogP contribution in [-0.4, -0.2) is 33.4 Å². The van der Waals surface area contributed by atoms with Gasteiger partial charge in [-0.2, -0.15) is 4.98 Å². The summed E-state index contributed by atoms with van der Waals surface area (Å²) in [6, 6.07) is 13.7. The van der Waals surface area contributed by atoms with E-state index in [4.69, 9.17) is 23.2 Å². The lowest BCUT2D eigenvalue weighted by Gasteiger charge is -2.10. The van der Waals surface area contributed by atoms with Gasteiger partial charge in [0.15, 0.2) is 12.7 Å². The van der Waals surface area contributed by atoms with Crippen LogP contribution in [0, 0.1) is 6.92 Å². The molecule has 0 aliphatic heterocycles. The van der Waals surface area contributed by atoms with E-state index >= 15 is 0 Å². The van der Waals surface area contributed by atoms with Gasteiger partial charge in [-0.25, -0.2) is 4.79 Å². The number of ether oxygens (including phenoxy) is 3. The molecule has 0 amide bonds. The maximum Gasteiger partial charge on any atom is 0.338 e. The molecule has 0 saturated carbocycles. The fourth-order valence-electron chi connectivity index (χ4n) is 2.76. The first-order chi connectivity index (χ1) is 15.5. The summed E-state index contributed by atoms with van der Waals surface area (Å²) in [6.07, 6.45) is -0.723. The zero-order chi connectivity index (χ0) is 22.5. The van der Waals surface area contributed by atoms with E-state index in [2.05, 4.69) is 20.3 Å². The molecule has 0 radical (unpaired) electrons. The molecule has 0 N–H and O–H groups in total. The van der Waals surface area contributed by atoms with Crippen LogP contribution in [0.2, 0.25) is 0 Å². The van der Waals surface area contributed by atoms with Crippen LogP contribution in [0.15, 0.2) is 57.5 Å². The second-order valence-electron chi connectivity index (χ2n) is 6.76. The molecule has 164 valence electrons. The first-order valence-electron chi connectivity index (χ1n) is 9.72. The van der Waals surface area contributed by atoms with Gasteiger partial charge in [-0.15, -0.1) is 10.2 Å². The van der Waals surface area contributed by atoms with Gasteiger partial charge in [-0.3, -0.25) is 0 Å². The lowest BCUT2D eigenvalue weighted by molar-refractivity contribution is 0.0280. The Morgan fingerprint density at radius 3 is 2.41 bits per heavy atom. The molecule has 1 atom stereocenters. The number of rotatable bonds is 8. The van der Waals surface area contributed by atoms with Gasteiger partial charge in [-0.1, -0.05) is 5.16 Å². The van der Waals surface area contributed by atoms with Crippen molar-refractivity contribution in [2.75, 3.05) is 7.11 Å². The molecule has 0 bridgehead atoms. The maximum absolute atomic E-state index is 12.5. The molecule has 4 rings (SSSR count). The Bertz CT molecular complexity index is 1180. The third kappa shape index (κ3) is 4.91. The summed E-state index contributed by atoms with van der Waals surface area (Å²) in [7, 11) is 1.59. The Morgan fingerprint density at radius 2 is 1.75 bits per heavy atom. The fourth-order valence-corrected chi connectivity index (χ4v) is 2.76. The Morgan fingerprint density at radius 1 is 1.03 bits per heavy atom. The van der Waals surface area contributed by atoms with Crippen molar-refractivity contribution in [3.63, 3.8) is 0 Å². The molecule has 10 heteroatoms. The number of carbonyl (C=O) groups excluding carboxylic acids is 1. The van der Waals surface area contributed by atoms with E-state index < -0.39 is 12.1 Å². The highest BCUT2D eigenvalue weighted by Gasteiger charge is 2.20. The number of esters is 1. The molecule has 2 aromatic heterocycles. The van der Waals surface area contributed by atoms with Crippen molar-refractivity contribution in [2.24, 2.45) is 0 Å². The predicted octanol–water partition coefficient (Wildman–Crippen LogP) is 3.93. The van der Waals surface area contributed by atoms with Crippen LogP contribution in [-0.2, 0) is 11.3 Å². The normalized spacial score (nSPS) is 11.7. The highest BCUT2D eigenvalue weighted by Crippen LogP contribution is 2.25. The van der Waals surface area contributed by atoms with E-state index in [-0.39, 0.29) is 12.5 Å². The van der Waals surface area contributed by atoms with Gasteiger partial charge in [-0.05, 0) is 55.5 Å². The van der Waals surface area contributed by atoms with E-state index in [1.807, 2.05) is 0 Å². The summed E-state index contributed by atoms with van der Waals surface area (Å²) in [4.78, 5) is 16.5.